The molecule has 116 valence electrons. The number of carboxylic acids is 1. The first-order valence-corrected chi connectivity index (χ1v) is 6.49. The molecule has 1 amide bonds. The van der Waals surface area contributed by atoms with E-state index >= 15 is 0 Å². The minimum absolute atomic E-state index is 0.0937. The van der Waals surface area contributed by atoms with E-state index in [1.807, 2.05) is 0 Å². The number of carbonyl (C=O) groups is 2. The highest BCUT2D eigenvalue weighted by Crippen LogP contribution is 2.11. The summed E-state index contributed by atoms with van der Waals surface area (Å²) in [4.78, 5) is 23.0. The Morgan fingerprint density at radius 3 is 2.48 bits per heavy atom. The Balaban J connectivity index is 2.63. The van der Waals surface area contributed by atoms with E-state index in [1.54, 1.807) is 12.1 Å². The van der Waals surface area contributed by atoms with Crippen LogP contribution in [0.2, 0.25) is 0 Å². The third-order valence-electron chi connectivity index (χ3n) is 2.96. The number of benzene rings is 1. The number of phenolic OH excluding ortho intramolecular Hbond substituents is 1. The average molecular weight is 296 g/mol. The van der Waals surface area contributed by atoms with E-state index in [0.717, 1.165) is 0 Å². The predicted molar refractivity (Wildman–Crippen MR) is 75.8 cm³/mol. The fraction of sp³-hybridized carbons (Fsp3) is 0.429. The molecule has 1 aromatic rings. The first-order valence-electron chi connectivity index (χ1n) is 6.49. The van der Waals surface area contributed by atoms with Gasteiger partial charge in [-0.15, -0.1) is 0 Å². The number of carboxylic acid groups (broad SMARTS) is 1. The van der Waals surface area contributed by atoms with Gasteiger partial charge in [-0.25, -0.2) is 4.79 Å². The summed E-state index contributed by atoms with van der Waals surface area (Å²) in [6.45, 7) is 0.324. The Morgan fingerprint density at radius 1 is 1.33 bits per heavy atom. The summed E-state index contributed by atoms with van der Waals surface area (Å²) in [6, 6.07) is 4.23. The molecule has 0 bridgehead atoms. The topological polar surface area (TPSA) is 122 Å². The Bertz CT molecular complexity index is 475. The molecular weight excluding hydrogens is 276 g/mol. The average Bonchev–Trinajstić information content (AvgIpc) is 2.45. The first-order chi connectivity index (χ1) is 9.93. The molecule has 7 nitrogen and oxygen atoms in total. The van der Waals surface area contributed by atoms with Crippen LogP contribution in [0.4, 0.5) is 0 Å². The molecule has 0 heterocycles. The molecule has 0 fully saturated rings. The van der Waals surface area contributed by atoms with Crippen LogP contribution in [-0.4, -0.2) is 47.9 Å². The molecule has 0 aliphatic heterocycles. The van der Waals surface area contributed by atoms with Crippen LogP contribution in [0.3, 0.4) is 0 Å². The van der Waals surface area contributed by atoms with Crippen molar-refractivity contribution in [3.05, 3.63) is 29.8 Å². The number of ether oxygens (including phenoxy) is 1. The lowest BCUT2D eigenvalue weighted by Crippen LogP contribution is -2.49. The normalized spacial score (nSPS) is 13.4. The maximum Gasteiger partial charge on any atom is 0.326 e. The Labute approximate surface area is 122 Å². The van der Waals surface area contributed by atoms with E-state index in [-0.39, 0.29) is 12.2 Å². The third kappa shape index (κ3) is 5.80. The molecule has 0 radical (unpaired) electrons. The number of hydrogen-bond donors (Lipinski definition) is 4. The van der Waals surface area contributed by atoms with E-state index in [0.29, 0.717) is 18.6 Å². The Hall–Kier alpha value is -2.12. The monoisotopic (exact) mass is 296 g/mol. The van der Waals surface area contributed by atoms with Crippen LogP contribution in [0, 0.1) is 0 Å². The molecule has 7 heteroatoms. The number of hydrogen-bond acceptors (Lipinski definition) is 5. The first kappa shape index (κ1) is 16.9. The molecule has 0 aliphatic rings. The molecule has 2 atom stereocenters. The van der Waals surface area contributed by atoms with Crippen molar-refractivity contribution in [3.63, 3.8) is 0 Å². The fourth-order valence-electron chi connectivity index (χ4n) is 1.72. The van der Waals surface area contributed by atoms with E-state index in [2.05, 4.69) is 5.32 Å². The maximum atomic E-state index is 11.8. The summed E-state index contributed by atoms with van der Waals surface area (Å²) in [5.74, 6) is -1.58. The second-order valence-corrected chi connectivity index (χ2v) is 4.66. The third-order valence-corrected chi connectivity index (χ3v) is 2.96. The largest absolute Gasteiger partial charge is 0.508 e. The van der Waals surface area contributed by atoms with Gasteiger partial charge in [-0.05, 0) is 24.1 Å². The van der Waals surface area contributed by atoms with Gasteiger partial charge in [0.05, 0.1) is 6.04 Å². The lowest BCUT2D eigenvalue weighted by Gasteiger charge is -2.17. The van der Waals surface area contributed by atoms with Crippen LogP contribution in [0.5, 0.6) is 5.75 Å². The van der Waals surface area contributed by atoms with Crippen molar-refractivity contribution in [3.8, 4) is 5.75 Å². The van der Waals surface area contributed by atoms with Gasteiger partial charge in [-0.1, -0.05) is 12.1 Å². The number of rotatable bonds is 8. The van der Waals surface area contributed by atoms with Crippen LogP contribution in [0.1, 0.15) is 12.0 Å². The second-order valence-electron chi connectivity index (χ2n) is 4.66. The SMILES string of the molecule is COCCC(N)C(=O)NC(Cc1ccc(O)cc1)C(=O)O. The van der Waals surface area contributed by atoms with Gasteiger partial charge in [0.25, 0.3) is 0 Å². The van der Waals surface area contributed by atoms with E-state index in [9.17, 15) is 14.7 Å². The number of amides is 1. The van der Waals surface area contributed by atoms with Gasteiger partial charge < -0.3 is 26.0 Å². The summed E-state index contributed by atoms with van der Waals surface area (Å²) in [5, 5.41) is 20.8. The number of aromatic hydroxyl groups is 1. The number of methoxy groups -OCH3 is 1. The molecule has 21 heavy (non-hydrogen) atoms. The molecule has 0 aliphatic carbocycles. The van der Waals surface area contributed by atoms with Gasteiger partial charge in [0.15, 0.2) is 0 Å². The zero-order valence-corrected chi connectivity index (χ0v) is 11.8. The molecule has 0 spiro atoms. The van der Waals surface area contributed by atoms with Crippen molar-refractivity contribution in [1.29, 1.82) is 0 Å². The number of aliphatic carboxylic acids is 1. The van der Waals surface area contributed by atoms with Crippen molar-refractivity contribution in [1.82, 2.24) is 5.32 Å². The van der Waals surface area contributed by atoms with Gasteiger partial charge in [0, 0.05) is 20.1 Å². The van der Waals surface area contributed by atoms with Crippen molar-refractivity contribution in [2.45, 2.75) is 24.9 Å². The molecule has 0 saturated carbocycles. The fourth-order valence-corrected chi connectivity index (χ4v) is 1.72. The van der Waals surface area contributed by atoms with Crippen LogP contribution >= 0.6 is 0 Å². The van der Waals surface area contributed by atoms with E-state index in [1.165, 1.54) is 19.2 Å². The van der Waals surface area contributed by atoms with Crippen molar-refractivity contribution >= 4 is 11.9 Å². The van der Waals surface area contributed by atoms with Gasteiger partial charge >= 0.3 is 5.97 Å². The highest BCUT2D eigenvalue weighted by molar-refractivity contribution is 5.86. The molecule has 0 saturated heterocycles. The second kappa shape index (κ2) is 8.23. The molecule has 1 aromatic carbocycles. The van der Waals surface area contributed by atoms with Gasteiger partial charge in [-0.2, -0.15) is 0 Å². The zero-order chi connectivity index (χ0) is 15.8. The summed E-state index contributed by atoms with van der Waals surface area (Å²) in [6.07, 6.45) is 0.423. The maximum absolute atomic E-state index is 11.8. The van der Waals surface area contributed by atoms with E-state index < -0.39 is 24.0 Å². The summed E-state index contributed by atoms with van der Waals surface area (Å²) < 4.78 is 4.82. The molecule has 0 aromatic heterocycles. The zero-order valence-electron chi connectivity index (χ0n) is 11.8. The van der Waals surface area contributed by atoms with E-state index in [4.69, 9.17) is 15.6 Å². The molecular formula is C14H20N2O5. The lowest BCUT2D eigenvalue weighted by atomic mass is 10.1. The van der Waals surface area contributed by atoms with Crippen molar-refractivity contribution < 1.29 is 24.5 Å². The number of phenols is 1. The quantitative estimate of drug-likeness (QED) is 0.530. The van der Waals surface area contributed by atoms with Crippen LogP contribution in [0.15, 0.2) is 24.3 Å². The standard InChI is InChI=1S/C14H20N2O5/c1-21-7-6-11(15)13(18)16-12(14(19)20)8-9-2-4-10(17)5-3-9/h2-5,11-12,17H,6-8,15H2,1H3,(H,16,18)(H,19,20). The Morgan fingerprint density at radius 2 is 1.95 bits per heavy atom. The van der Waals surface area contributed by atoms with Gasteiger partial charge in [0.1, 0.15) is 11.8 Å². The van der Waals surface area contributed by atoms with Crippen LogP contribution < -0.4 is 11.1 Å². The number of nitrogens with two attached hydrogens (primary N) is 1. The highest BCUT2D eigenvalue weighted by Gasteiger charge is 2.23. The lowest BCUT2D eigenvalue weighted by molar-refractivity contribution is -0.142. The number of carbonyl (C=O) groups excluding carboxylic acids is 1. The van der Waals surface area contributed by atoms with Crippen LogP contribution in [-0.2, 0) is 20.7 Å². The van der Waals surface area contributed by atoms with Crippen molar-refractivity contribution in [2.24, 2.45) is 5.73 Å². The summed E-state index contributed by atoms with van der Waals surface area (Å²) in [7, 11) is 1.50. The minimum atomic E-state index is -1.14. The Kier molecular flexibility index (Phi) is 6.64. The van der Waals surface area contributed by atoms with Crippen LogP contribution in [0.25, 0.3) is 0 Å². The van der Waals surface area contributed by atoms with Gasteiger partial charge in [-0.3, -0.25) is 4.79 Å². The minimum Gasteiger partial charge on any atom is -0.508 e. The smallest absolute Gasteiger partial charge is 0.326 e. The van der Waals surface area contributed by atoms with Gasteiger partial charge in [0.2, 0.25) is 5.91 Å². The molecule has 1 rings (SSSR count). The predicted octanol–water partition coefficient (Wildman–Crippen LogP) is -0.132. The molecule has 2 unspecified atom stereocenters. The van der Waals surface area contributed by atoms with Crippen molar-refractivity contribution in [2.75, 3.05) is 13.7 Å². The highest BCUT2D eigenvalue weighted by atomic mass is 16.5. The summed E-state index contributed by atoms with van der Waals surface area (Å²) >= 11 is 0. The number of nitrogens with one attached hydrogen (secondary N) is 1. The molecule has 5 N–H and O–H groups in total. The summed E-state index contributed by atoms with van der Waals surface area (Å²) in [5.41, 5.74) is 6.33.